The molecule has 3 aliphatic carbocycles. The normalized spacial score (nSPS) is 16.2. The zero-order valence-electron chi connectivity index (χ0n) is 28.5. The lowest BCUT2D eigenvalue weighted by atomic mass is 9.82. The van der Waals surface area contributed by atoms with Crippen molar-refractivity contribution in [2.24, 2.45) is 0 Å². The van der Waals surface area contributed by atoms with Crippen molar-refractivity contribution in [1.82, 2.24) is 4.57 Å². The van der Waals surface area contributed by atoms with Gasteiger partial charge in [-0.25, -0.2) is 0 Å². The van der Waals surface area contributed by atoms with Crippen molar-refractivity contribution in [2.75, 3.05) is 0 Å². The second-order valence-electron chi connectivity index (χ2n) is 15.2. The Morgan fingerprint density at radius 1 is 0.588 bits per heavy atom. The van der Waals surface area contributed by atoms with Gasteiger partial charge in [0.2, 0.25) is 0 Å². The molecule has 51 heavy (non-hydrogen) atoms. The third kappa shape index (κ3) is 3.47. The average molecular weight is 652 g/mol. The predicted molar refractivity (Wildman–Crippen MR) is 212 cm³/mol. The molecule has 0 saturated heterocycles. The van der Waals surface area contributed by atoms with E-state index in [0.717, 1.165) is 23.5 Å². The van der Waals surface area contributed by atoms with Crippen LogP contribution in [0.25, 0.3) is 88.7 Å². The van der Waals surface area contributed by atoms with E-state index < -0.39 is 0 Å². The molecule has 9 aromatic rings. The number of rotatable bonds is 2. The monoisotopic (exact) mass is 651 g/mol. The largest absolute Gasteiger partial charge is 0.456 e. The summed E-state index contributed by atoms with van der Waals surface area (Å²) in [6.45, 7) is 4.73. The topological polar surface area (TPSA) is 18.1 Å². The van der Waals surface area contributed by atoms with Gasteiger partial charge in [-0.3, -0.25) is 0 Å². The minimum atomic E-state index is -0.0446. The first kappa shape index (κ1) is 27.7. The molecule has 1 unspecified atom stereocenters. The highest BCUT2D eigenvalue weighted by Crippen LogP contribution is 2.54. The fourth-order valence-electron chi connectivity index (χ4n) is 10.0. The Balaban J connectivity index is 1.02. The fourth-order valence-corrected chi connectivity index (χ4v) is 10.0. The SMILES string of the molecule is CC1(C)c2ccccc2-c2c1ccc1c2c2ccccc2n1-c1ccc2oc3c(c2c1)CC(c1ccc2c4c(cccc14)-c1ccccc1-2)C=C3. The Morgan fingerprint density at radius 2 is 1.33 bits per heavy atom. The Kier molecular flexibility index (Phi) is 5.19. The molecule has 0 aliphatic heterocycles. The number of hydrogen-bond acceptors (Lipinski definition) is 1. The van der Waals surface area contributed by atoms with Crippen molar-refractivity contribution < 1.29 is 4.42 Å². The molecule has 2 nitrogen and oxygen atoms in total. The Labute approximate surface area is 295 Å². The second kappa shape index (κ2) is 9.56. The molecule has 0 saturated carbocycles. The number of aromatic nitrogens is 1. The maximum Gasteiger partial charge on any atom is 0.135 e. The number of fused-ring (bicyclic) bond motifs is 13. The average Bonchev–Trinajstić information content (AvgIpc) is 3.88. The van der Waals surface area contributed by atoms with E-state index in [4.69, 9.17) is 4.42 Å². The molecular weight excluding hydrogens is 619 g/mol. The number of furan rings is 1. The van der Waals surface area contributed by atoms with E-state index in [9.17, 15) is 0 Å². The third-order valence-electron chi connectivity index (χ3n) is 12.3. The van der Waals surface area contributed by atoms with Crippen LogP contribution in [0.1, 0.15) is 47.8 Å². The van der Waals surface area contributed by atoms with Gasteiger partial charge in [-0.1, -0.05) is 123 Å². The molecule has 2 heteroatoms. The number of nitrogens with zero attached hydrogens (tertiary/aromatic N) is 1. The van der Waals surface area contributed by atoms with E-state index >= 15 is 0 Å². The lowest BCUT2D eigenvalue weighted by Crippen LogP contribution is -2.14. The second-order valence-corrected chi connectivity index (χ2v) is 15.2. The lowest BCUT2D eigenvalue weighted by molar-refractivity contribution is 0.592. The first-order valence-electron chi connectivity index (χ1n) is 18.1. The minimum Gasteiger partial charge on any atom is -0.456 e. The first-order valence-corrected chi connectivity index (χ1v) is 18.1. The van der Waals surface area contributed by atoms with E-state index in [1.165, 1.54) is 93.6 Å². The highest BCUT2D eigenvalue weighted by Gasteiger charge is 2.37. The van der Waals surface area contributed by atoms with Crippen LogP contribution in [-0.4, -0.2) is 4.57 Å². The Bertz CT molecular complexity index is 3010. The molecule has 2 aromatic heterocycles. The zero-order valence-corrected chi connectivity index (χ0v) is 28.5. The number of benzene rings is 7. The molecule has 12 rings (SSSR count). The lowest BCUT2D eigenvalue weighted by Gasteiger charge is -2.21. The van der Waals surface area contributed by atoms with Crippen molar-refractivity contribution in [3.05, 3.63) is 168 Å². The van der Waals surface area contributed by atoms with Crippen LogP contribution in [-0.2, 0) is 11.8 Å². The Morgan fingerprint density at radius 3 is 2.22 bits per heavy atom. The van der Waals surface area contributed by atoms with Gasteiger partial charge in [-0.05, 0) is 104 Å². The van der Waals surface area contributed by atoms with Gasteiger partial charge in [0.25, 0.3) is 0 Å². The smallest absolute Gasteiger partial charge is 0.135 e. The summed E-state index contributed by atoms with van der Waals surface area (Å²) in [6.07, 6.45) is 5.47. The molecule has 2 heterocycles. The minimum absolute atomic E-state index is 0.0446. The van der Waals surface area contributed by atoms with Gasteiger partial charge in [0, 0.05) is 38.7 Å². The Hall–Kier alpha value is -6.12. The summed E-state index contributed by atoms with van der Waals surface area (Å²) in [4.78, 5) is 0. The summed E-state index contributed by atoms with van der Waals surface area (Å²) in [5.41, 5.74) is 18.1. The molecule has 0 amide bonds. The van der Waals surface area contributed by atoms with Gasteiger partial charge < -0.3 is 8.98 Å². The highest BCUT2D eigenvalue weighted by molar-refractivity contribution is 6.18. The van der Waals surface area contributed by atoms with Crippen LogP contribution in [0.15, 0.2) is 144 Å². The summed E-state index contributed by atoms with van der Waals surface area (Å²) < 4.78 is 8.99. The maximum absolute atomic E-state index is 6.53. The van der Waals surface area contributed by atoms with Gasteiger partial charge in [-0.15, -0.1) is 0 Å². The van der Waals surface area contributed by atoms with Crippen molar-refractivity contribution in [1.29, 1.82) is 0 Å². The van der Waals surface area contributed by atoms with E-state index in [-0.39, 0.29) is 11.3 Å². The van der Waals surface area contributed by atoms with Gasteiger partial charge in [0.1, 0.15) is 11.3 Å². The van der Waals surface area contributed by atoms with Crippen molar-refractivity contribution in [3.8, 4) is 39.1 Å². The van der Waals surface area contributed by atoms with E-state index in [0.29, 0.717) is 0 Å². The van der Waals surface area contributed by atoms with Gasteiger partial charge in [-0.2, -0.15) is 0 Å². The van der Waals surface area contributed by atoms with Crippen LogP contribution in [0, 0.1) is 0 Å². The summed E-state index contributed by atoms with van der Waals surface area (Å²) in [5.74, 6) is 1.24. The van der Waals surface area contributed by atoms with Crippen LogP contribution in [0.4, 0.5) is 0 Å². The van der Waals surface area contributed by atoms with Crippen molar-refractivity contribution in [3.63, 3.8) is 0 Å². The van der Waals surface area contributed by atoms with Crippen molar-refractivity contribution in [2.45, 2.75) is 31.6 Å². The summed E-state index contributed by atoms with van der Waals surface area (Å²) in [6, 6.07) is 49.8. The van der Waals surface area contributed by atoms with Crippen molar-refractivity contribution >= 4 is 49.6 Å². The molecular formula is C49H33NO. The molecule has 1 atom stereocenters. The van der Waals surface area contributed by atoms with Crippen LogP contribution >= 0.6 is 0 Å². The number of para-hydroxylation sites is 1. The van der Waals surface area contributed by atoms with E-state index in [1.54, 1.807) is 0 Å². The zero-order chi connectivity index (χ0) is 33.6. The van der Waals surface area contributed by atoms with E-state index in [2.05, 4.69) is 164 Å². The summed E-state index contributed by atoms with van der Waals surface area (Å²) in [5, 5.41) is 6.58. The molecule has 240 valence electrons. The molecule has 3 aliphatic rings. The summed E-state index contributed by atoms with van der Waals surface area (Å²) in [7, 11) is 0. The standard InChI is InChI=1S/C49H33NO/c1-49(2)40-16-7-5-12-36(40)47-41(49)22-23-43-48(47)37-13-6-8-17-42(37)50(43)29-19-25-45-39(27-29)38-26-28(18-24-44(38)51-45)30-20-21-35-32-11-4-3-10-31(32)34-15-9-14-33(30)46(34)35/h3-25,27-28H,26H2,1-2H3. The molecule has 0 bridgehead atoms. The molecule has 7 aromatic carbocycles. The van der Waals surface area contributed by atoms with Gasteiger partial charge >= 0.3 is 0 Å². The molecule has 0 fully saturated rings. The fraction of sp³-hybridized carbons (Fsp3) is 0.102. The predicted octanol–water partition coefficient (Wildman–Crippen LogP) is 13.0. The van der Waals surface area contributed by atoms with Crippen LogP contribution < -0.4 is 0 Å². The van der Waals surface area contributed by atoms with Gasteiger partial charge in [0.05, 0.1) is 11.0 Å². The van der Waals surface area contributed by atoms with E-state index in [1.807, 2.05) is 0 Å². The highest BCUT2D eigenvalue weighted by atomic mass is 16.3. The summed E-state index contributed by atoms with van der Waals surface area (Å²) >= 11 is 0. The van der Waals surface area contributed by atoms with Crippen LogP contribution in [0.3, 0.4) is 0 Å². The first-order chi connectivity index (χ1) is 25.1. The van der Waals surface area contributed by atoms with Gasteiger partial charge in [0.15, 0.2) is 0 Å². The van der Waals surface area contributed by atoms with Crippen LogP contribution in [0.2, 0.25) is 0 Å². The molecule has 0 N–H and O–H groups in total. The number of hydrogen-bond donors (Lipinski definition) is 0. The molecule has 0 radical (unpaired) electrons. The quantitative estimate of drug-likeness (QED) is 0.182. The number of allylic oxidation sites excluding steroid dienone is 1. The van der Waals surface area contributed by atoms with Crippen LogP contribution in [0.5, 0.6) is 0 Å². The molecule has 0 spiro atoms. The third-order valence-corrected chi connectivity index (χ3v) is 12.3. The maximum atomic E-state index is 6.53.